The Labute approximate surface area is 90.4 Å². The smallest absolute Gasteiger partial charge is 0.133 e. The highest BCUT2D eigenvalue weighted by Crippen LogP contribution is 2.26. The summed E-state index contributed by atoms with van der Waals surface area (Å²) in [6.07, 6.45) is 8.86. The lowest BCUT2D eigenvalue weighted by Gasteiger charge is -2.12. The summed E-state index contributed by atoms with van der Waals surface area (Å²) >= 11 is 0. The fraction of sp³-hybridized carbons (Fsp3) is 0.143. The van der Waals surface area contributed by atoms with Crippen LogP contribution in [0.25, 0.3) is 0 Å². The lowest BCUT2D eigenvalue weighted by molar-refractivity contribution is 0.439. The molecule has 1 heteroatoms. The monoisotopic (exact) mass is 198 g/mol. The van der Waals surface area contributed by atoms with E-state index in [1.54, 1.807) is 0 Å². The minimum atomic E-state index is 0.678. The first-order valence-corrected chi connectivity index (χ1v) is 5.06. The number of hydrogen-bond donors (Lipinski definition) is 0. The number of allylic oxidation sites excluding steroid dienone is 4. The first-order valence-electron chi connectivity index (χ1n) is 5.06. The minimum Gasteiger partial charge on any atom is -0.457 e. The average molecular weight is 198 g/mol. The second kappa shape index (κ2) is 4.18. The molecule has 1 aromatic carbocycles. The Balaban J connectivity index is 2.47. The summed E-state index contributed by atoms with van der Waals surface area (Å²) in [5.41, 5.74) is 2.36. The number of ether oxygens (including phenoxy) is 1. The van der Waals surface area contributed by atoms with Gasteiger partial charge in [-0.05, 0) is 30.5 Å². The molecule has 0 saturated heterocycles. The van der Waals surface area contributed by atoms with Crippen LogP contribution in [0.3, 0.4) is 0 Å². The number of fused-ring (bicyclic) bond motifs is 1. The highest BCUT2D eigenvalue weighted by atomic mass is 16.5. The Morgan fingerprint density at radius 3 is 3.00 bits per heavy atom. The summed E-state index contributed by atoms with van der Waals surface area (Å²) in [5, 5.41) is 0. The van der Waals surface area contributed by atoms with E-state index in [1.165, 1.54) is 5.56 Å². The van der Waals surface area contributed by atoms with E-state index >= 15 is 0 Å². The maximum atomic E-state index is 5.73. The summed E-state index contributed by atoms with van der Waals surface area (Å²) in [4.78, 5) is 0. The van der Waals surface area contributed by atoms with Gasteiger partial charge < -0.3 is 4.74 Å². The predicted octanol–water partition coefficient (Wildman–Crippen LogP) is 3.56. The van der Waals surface area contributed by atoms with Crippen molar-refractivity contribution in [1.82, 2.24) is 0 Å². The molecule has 0 unspecified atom stereocenters. The normalized spacial score (nSPS) is 19.1. The van der Waals surface area contributed by atoms with Gasteiger partial charge in [0, 0.05) is 0 Å². The maximum absolute atomic E-state index is 5.73. The third-order valence-electron chi connectivity index (χ3n) is 2.39. The van der Waals surface area contributed by atoms with Crippen molar-refractivity contribution in [3.8, 4) is 5.75 Å². The van der Waals surface area contributed by atoms with Crippen molar-refractivity contribution in [2.24, 2.45) is 0 Å². The molecule has 0 aliphatic carbocycles. The molecule has 0 N–H and O–H groups in total. The average Bonchev–Trinajstić information content (AvgIpc) is 2.30. The number of hydrogen-bond acceptors (Lipinski definition) is 1. The molecule has 1 aliphatic rings. The van der Waals surface area contributed by atoms with E-state index in [0.29, 0.717) is 5.76 Å². The topological polar surface area (TPSA) is 9.23 Å². The Hall–Kier alpha value is -1.76. The molecule has 1 aliphatic heterocycles. The van der Waals surface area contributed by atoms with E-state index in [4.69, 9.17) is 4.74 Å². The number of para-hydroxylation sites is 1. The largest absolute Gasteiger partial charge is 0.457 e. The van der Waals surface area contributed by atoms with Gasteiger partial charge in [-0.15, -0.1) is 0 Å². The molecule has 1 heterocycles. The zero-order chi connectivity index (χ0) is 10.7. The van der Waals surface area contributed by atoms with Crippen LogP contribution in [0.4, 0.5) is 0 Å². The van der Waals surface area contributed by atoms with Gasteiger partial charge in [0.2, 0.25) is 0 Å². The molecule has 0 bridgehead atoms. The fourth-order valence-corrected chi connectivity index (χ4v) is 1.62. The number of rotatable bonds is 0. The standard InChI is InChI=1S/C14H14O/c1-11-7-6-10-13-9-5-3-4-8-12(2)15-14(11)13/h3-8,10H,2,9H2,1H3/b5-3-,8-4-. The van der Waals surface area contributed by atoms with Crippen LogP contribution in [-0.4, -0.2) is 0 Å². The van der Waals surface area contributed by atoms with Crippen molar-refractivity contribution in [3.05, 3.63) is 66.0 Å². The van der Waals surface area contributed by atoms with Gasteiger partial charge in [-0.25, -0.2) is 0 Å². The van der Waals surface area contributed by atoms with E-state index in [2.05, 4.69) is 37.8 Å². The second-order valence-electron chi connectivity index (χ2n) is 3.62. The van der Waals surface area contributed by atoms with Gasteiger partial charge in [0.25, 0.3) is 0 Å². The van der Waals surface area contributed by atoms with Crippen molar-refractivity contribution < 1.29 is 4.74 Å². The molecule has 1 nitrogen and oxygen atoms in total. The molecule has 0 aromatic heterocycles. The molecular formula is C14H14O. The molecule has 1 aromatic rings. The van der Waals surface area contributed by atoms with Crippen molar-refractivity contribution >= 4 is 0 Å². The van der Waals surface area contributed by atoms with Crippen LogP contribution in [0, 0.1) is 6.92 Å². The molecule has 0 atom stereocenters. The molecule has 15 heavy (non-hydrogen) atoms. The first kappa shape index (κ1) is 9.78. The molecule has 2 rings (SSSR count). The van der Waals surface area contributed by atoms with Crippen molar-refractivity contribution in [3.63, 3.8) is 0 Å². The number of benzene rings is 1. The van der Waals surface area contributed by atoms with Crippen LogP contribution < -0.4 is 4.74 Å². The Bertz CT molecular complexity index is 439. The third kappa shape index (κ3) is 2.18. The first-order chi connectivity index (χ1) is 7.27. The van der Waals surface area contributed by atoms with Crippen LogP contribution in [0.2, 0.25) is 0 Å². The molecule has 0 spiro atoms. The van der Waals surface area contributed by atoms with Gasteiger partial charge in [-0.1, -0.05) is 43.0 Å². The van der Waals surface area contributed by atoms with Crippen molar-refractivity contribution in [1.29, 1.82) is 0 Å². The van der Waals surface area contributed by atoms with Crippen LogP contribution >= 0.6 is 0 Å². The molecule has 0 amide bonds. The van der Waals surface area contributed by atoms with E-state index < -0.39 is 0 Å². The van der Waals surface area contributed by atoms with Crippen molar-refractivity contribution in [2.45, 2.75) is 13.3 Å². The van der Waals surface area contributed by atoms with Crippen LogP contribution in [0.1, 0.15) is 11.1 Å². The second-order valence-corrected chi connectivity index (χ2v) is 3.62. The van der Waals surface area contributed by atoms with Crippen molar-refractivity contribution in [2.75, 3.05) is 0 Å². The van der Waals surface area contributed by atoms with Gasteiger partial charge in [0.05, 0.1) is 0 Å². The predicted molar refractivity (Wildman–Crippen MR) is 62.9 cm³/mol. The van der Waals surface area contributed by atoms with E-state index in [0.717, 1.165) is 17.7 Å². The lowest BCUT2D eigenvalue weighted by atomic mass is 10.1. The molecule has 0 saturated carbocycles. The van der Waals surface area contributed by atoms with Crippen LogP contribution in [-0.2, 0) is 6.42 Å². The van der Waals surface area contributed by atoms with E-state index in [1.807, 2.05) is 18.2 Å². The van der Waals surface area contributed by atoms with Gasteiger partial charge in [0.1, 0.15) is 11.5 Å². The summed E-state index contributed by atoms with van der Waals surface area (Å²) < 4.78 is 5.73. The van der Waals surface area contributed by atoms with E-state index in [-0.39, 0.29) is 0 Å². The summed E-state index contributed by atoms with van der Waals surface area (Å²) in [6.45, 7) is 5.91. The van der Waals surface area contributed by atoms with Gasteiger partial charge in [-0.3, -0.25) is 0 Å². The Morgan fingerprint density at radius 2 is 2.13 bits per heavy atom. The quantitative estimate of drug-likeness (QED) is 0.619. The Morgan fingerprint density at radius 1 is 1.27 bits per heavy atom. The summed E-state index contributed by atoms with van der Waals surface area (Å²) in [7, 11) is 0. The van der Waals surface area contributed by atoms with Crippen LogP contribution in [0.15, 0.2) is 54.8 Å². The molecular weight excluding hydrogens is 184 g/mol. The van der Waals surface area contributed by atoms with Gasteiger partial charge in [-0.2, -0.15) is 0 Å². The highest BCUT2D eigenvalue weighted by Gasteiger charge is 2.07. The SMILES string of the molecule is C=C1/C=C\C=C/Cc2cccc(C)c2O1. The van der Waals surface area contributed by atoms with Crippen LogP contribution in [0.5, 0.6) is 5.75 Å². The summed E-state index contributed by atoms with van der Waals surface area (Å²) in [6, 6.07) is 6.20. The Kier molecular flexibility index (Phi) is 2.72. The zero-order valence-corrected chi connectivity index (χ0v) is 8.86. The molecule has 76 valence electrons. The lowest BCUT2D eigenvalue weighted by Crippen LogP contribution is -1.96. The molecule has 0 radical (unpaired) electrons. The minimum absolute atomic E-state index is 0.678. The molecule has 0 fully saturated rings. The highest BCUT2D eigenvalue weighted by molar-refractivity contribution is 5.44. The van der Waals surface area contributed by atoms with Gasteiger partial charge in [0.15, 0.2) is 0 Å². The summed E-state index contributed by atoms with van der Waals surface area (Å²) in [5.74, 6) is 1.62. The van der Waals surface area contributed by atoms with E-state index in [9.17, 15) is 0 Å². The number of aryl methyl sites for hydroxylation is 1. The van der Waals surface area contributed by atoms with Gasteiger partial charge >= 0.3 is 0 Å². The zero-order valence-electron chi connectivity index (χ0n) is 8.86. The maximum Gasteiger partial charge on any atom is 0.133 e. The fourth-order valence-electron chi connectivity index (χ4n) is 1.62. The third-order valence-corrected chi connectivity index (χ3v) is 2.39.